The number of hydrogen-bond acceptors (Lipinski definition) is 4. The number of carbonyl (C=O) groups excluding carboxylic acids is 3. The fourth-order valence-electron chi connectivity index (χ4n) is 4.61. The molecular formula is C31H53N3O4. The van der Waals surface area contributed by atoms with E-state index in [1.807, 2.05) is 52.8 Å². The summed E-state index contributed by atoms with van der Waals surface area (Å²) < 4.78 is 5.47. The predicted molar refractivity (Wildman–Crippen MR) is 155 cm³/mol. The number of rotatable bonds is 14. The first-order valence-corrected chi connectivity index (χ1v) is 14.4. The average molecular weight is 532 g/mol. The zero-order chi connectivity index (χ0) is 29.0. The molecule has 1 rings (SSSR count). The van der Waals surface area contributed by atoms with Crippen molar-refractivity contribution < 1.29 is 19.1 Å². The van der Waals surface area contributed by atoms with Crippen LogP contribution in [0, 0.1) is 19.8 Å². The predicted octanol–water partition coefficient (Wildman–Crippen LogP) is 6.61. The van der Waals surface area contributed by atoms with Crippen molar-refractivity contribution in [3.05, 3.63) is 34.9 Å². The molecule has 0 radical (unpaired) electrons. The van der Waals surface area contributed by atoms with Gasteiger partial charge in [-0.25, -0.2) is 4.79 Å². The Bertz CT molecular complexity index is 907. The van der Waals surface area contributed by atoms with Gasteiger partial charge in [0.25, 0.3) is 0 Å². The SMILES string of the molecule is CCCCCCN(C(=O)C(NC(=O)OC(C)(C)C)C(C)C)C(C(=O)NC(C)CCC)c1ccc(C)cc1C. The van der Waals surface area contributed by atoms with Crippen LogP contribution < -0.4 is 10.6 Å². The van der Waals surface area contributed by atoms with Crippen LogP contribution in [0.15, 0.2) is 18.2 Å². The van der Waals surface area contributed by atoms with Crippen molar-refractivity contribution in [3.8, 4) is 0 Å². The largest absolute Gasteiger partial charge is 0.444 e. The van der Waals surface area contributed by atoms with Crippen LogP contribution in [0.5, 0.6) is 0 Å². The zero-order valence-electron chi connectivity index (χ0n) is 25.6. The van der Waals surface area contributed by atoms with Crippen molar-refractivity contribution in [2.75, 3.05) is 6.54 Å². The van der Waals surface area contributed by atoms with E-state index in [1.54, 1.807) is 25.7 Å². The summed E-state index contributed by atoms with van der Waals surface area (Å²) in [5, 5.41) is 5.95. The van der Waals surface area contributed by atoms with Crippen molar-refractivity contribution >= 4 is 17.9 Å². The van der Waals surface area contributed by atoms with Crippen LogP contribution in [-0.4, -0.2) is 47.0 Å². The highest BCUT2D eigenvalue weighted by molar-refractivity contribution is 5.92. The van der Waals surface area contributed by atoms with Crippen molar-refractivity contribution in [2.24, 2.45) is 5.92 Å². The van der Waals surface area contributed by atoms with E-state index in [0.717, 1.165) is 55.2 Å². The molecule has 3 unspecified atom stereocenters. The number of nitrogens with one attached hydrogen (secondary N) is 2. The third kappa shape index (κ3) is 11.0. The van der Waals surface area contributed by atoms with Gasteiger partial charge in [0, 0.05) is 12.6 Å². The number of hydrogen-bond donors (Lipinski definition) is 2. The molecule has 0 aliphatic rings. The van der Waals surface area contributed by atoms with Crippen molar-refractivity contribution in [1.82, 2.24) is 15.5 Å². The fraction of sp³-hybridized carbons (Fsp3) is 0.710. The molecule has 3 atom stereocenters. The van der Waals surface area contributed by atoms with Gasteiger partial charge in [-0.2, -0.15) is 0 Å². The van der Waals surface area contributed by atoms with Crippen LogP contribution in [0.2, 0.25) is 0 Å². The Balaban J connectivity index is 3.54. The lowest BCUT2D eigenvalue weighted by molar-refractivity contribution is -0.143. The van der Waals surface area contributed by atoms with Gasteiger partial charge in [0.1, 0.15) is 17.7 Å². The van der Waals surface area contributed by atoms with Crippen LogP contribution in [0.4, 0.5) is 4.79 Å². The molecule has 0 aliphatic heterocycles. The standard InChI is InChI=1S/C31H53N3O4/c1-11-13-14-15-19-34(29(36)26(21(3)4)33-30(37)38-31(8,9)10)27(28(35)32-24(7)16-12-2)25-18-17-22(5)20-23(25)6/h17-18,20-21,24,26-27H,11-16,19H2,1-10H3,(H,32,35)(H,33,37). The molecule has 216 valence electrons. The average Bonchev–Trinajstić information content (AvgIpc) is 2.78. The number of ether oxygens (including phenoxy) is 1. The molecule has 0 saturated carbocycles. The maximum atomic E-state index is 14.2. The minimum Gasteiger partial charge on any atom is -0.444 e. The van der Waals surface area contributed by atoms with Crippen LogP contribution in [0.25, 0.3) is 0 Å². The topological polar surface area (TPSA) is 87.7 Å². The molecule has 0 bridgehead atoms. The molecule has 38 heavy (non-hydrogen) atoms. The Labute approximate surface area is 231 Å². The van der Waals surface area contributed by atoms with Crippen LogP contribution in [-0.2, 0) is 14.3 Å². The first-order chi connectivity index (χ1) is 17.7. The number of alkyl carbamates (subject to hydrolysis) is 1. The molecule has 1 aromatic rings. The number of unbranched alkanes of at least 4 members (excludes halogenated alkanes) is 3. The van der Waals surface area contributed by atoms with Gasteiger partial charge in [-0.1, -0.05) is 77.1 Å². The molecule has 0 spiro atoms. The van der Waals surface area contributed by atoms with E-state index in [0.29, 0.717) is 6.54 Å². The number of nitrogens with zero attached hydrogens (tertiary/aromatic N) is 1. The number of amides is 3. The lowest BCUT2D eigenvalue weighted by atomic mass is 9.94. The van der Waals surface area contributed by atoms with Gasteiger partial charge in [0.05, 0.1) is 0 Å². The van der Waals surface area contributed by atoms with Crippen molar-refractivity contribution in [2.45, 2.75) is 131 Å². The highest BCUT2D eigenvalue weighted by Crippen LogP contribution is 2.28. The molecule has 2 N–H and O–H groups in total. The second-order valence-electron chi connectivity index (χ2n) is 11.9. The summed E-state index contributed by atoms with van der Waals surface area (Å²) in [7, 11) is 0. The summed E-state index contributed by atoms with van der Waals surface area (Å²) in [5.41, 5.74) is 2.17. The molecule has 0 aliphatic carbocycles. The summed E-state index contributed by atoms with van der Waals surface area (Å²) in [4.78, 5) is 42.5. The smallest absolute Gasteiger partial charge is 0.408 e. The van der Waals surface area contributed by atoms with Gasteiger partial charge in [0.15, 0.2) is 0 Å². The Morgan fingerprint density at radius 3 is 2.13 bits per heavy atom. The summed E-state index contributed by atoms with van der Waals surface area (Å²) >= 11 is 0. The molecule has 7 heteroatoms. The lowest BCUT2D eigenvalue weighted by Gasteiger charge is -2.36. The minimum absolute atomic E-state index is 0.0152. The molecule has 7 nitrogen and oxygen atoms in total. The van der Waals surface area contributed by atoms with Gasteiger partial charge < -0.3 is 20.3 Å². The fourth-order valence-corrected chi connectivity index (χ4v) is 4.61. The van der Waals surface area contributed by atoms with Crippen molar-refractivity contribution in [1.29, 1.82) is 0 Å². The second-order valence-corrected chi connectivity index (χ2v) is 11.9. The van der Waals surface area contributed by atoms with Gasteiger partial charge in [0.2, 0.25) is 11.8 Å². The van der Waals surface area contributed by atoms with E-state index in [9.17, 15) is 14.4 Å². The van der Waals surface area contributed by atoms with Gasteiger partial charge in [-0.15, -0.1) is 0 Å². The third-order valence-electron chi connectivity index (χ3n) is 6.53. The second kappa shape index (κ2) is 15.7. The molecule has 0 heterocycles. The van der Waals surface area contributed by atoms with Crippen LogP contribution in [0.1, 0.15) is 117 Å². The van der Waals surface area contributed by atoms with E-state index in [1.165, 1.54) is 0 Å². The number of carbonyl (C=O) groups is 3. The highest BCUT2D eigenvalue weighted by atomic mass is 16.6. The lowest BCUT2D eigenvalue weighted by Crippen LogP contribution is -2.55. The number of aryl methyl sites for hydroxylation is 2. The molecule has 3 amide bonds. The van der Waals surface area contributed by atoms with E-state index in [4.69, 9.17) is 4.74 Å². The van der Waals surface area contributed by atoms with Crippen molar-refractivity contribution in [3.63, 3.8) is 0 Å². The highest BCUT2D eigenvalue weighted by Gasteiger charge is 2.38. The van der Waals surface area contributed by atoms with E-state index < -0.39 is 23.8 Å². The first kappa shape index (κ1) is 33.5. The maximum Gasteiger partial charge on any atom is 0.408 e. The molecule has 0 saturated heterocycles. The summed E-state index contributed by atoms with van der Waals surface area (Å²) in [6, 6.07) is 4.34. The Kier molecular flexibility index (Phi) is 13.9. The van der Waals surface area contributed by atoms with E-state index in [2.05, 4.69) is 24.5 Å². The summed E-state index contributed by atoms with van der Waals surface area (Å²) in [6.07, 6.45) is 5.02. The number of benzene rings is 1. The Morgan fingerprint density at radius 1 is 0.947 bits per heavy atom. The quantitative estimate of drug-likeness (QED) is 0.265. The van der Waals surface area contributed by atoms with E-state index >= 15 is 0 Å². The van der Waals surface area contributed by atoms with Gasteiger partial charge in [-0.05, 0) is 71.4 Å². The Morgan fingerprint density at radius 2 is 1.61 bits per heavy atom. The zero-order valence-corrected chi connectivity index (χ0v) is 25.6. The van der Waals surface area contributed by atoms with Gasteiger partial charge in [-0.3, -0.25) is 9.59 Å². The van der Waals surface area contributed by atoms with E-state index in [-0.39, 0.29) is 23.8 Å². The minimum atomic E-state index is -0.829. The van der Waals surface area contributed by atoms with Gasteiger partial charge >= 0.3 is 6.09 Å². The normalized spacial score (nSPS) is 14.0. The maximum absolute atomic E-state index is 14.2. The summed E-state index contributed by atoms with van der Waals surface area (Å²) in [6.45, 7) is 19.8. The molecule has 0 aromatic heterocycles. The first-order valence-electron chi connectivity index (χ1n) is 14.4. The molecule has 0 fully saturated rings. The Hall–Kier alpha value is -2.57. The van der Waals surface area contributed by atoms with Crippen LogP contribution in [0.3, 0.4) is 0 Å². The monoisotopic (exact) mass is 531 g/mol. The molecule has 1 aromatic carbocycles. The van der Waals surface area contributed by atoms with Crippen LogP contribution >= 0.6 is 0 Å². The third-order valence-corrected chi connectivity index (χ3v) is 6.53. The molecular weight excluding hydrogens is 478 g/mol. The summed E-state index contributed by atoms with van der Waals surface area (Å²) in [5.74, 6) is -0.665.